The first-order chi connectivity index (χ1) is 18.4. The van der Waals surface area contributed by atoms with Gasteiger partial charge in [0.1, 0.15) is 11.5 Å². The van der Waals surface area contributed by atoms with Crippen LogP contribution in [0.3, 0.4) is 0 Å². The molecule has 1 N–H and O–H groups in total. The van der Waals surface area contributed by atoms with Gasteiger partial charge in [-0.25, -0.2) is 8.42 Å². The normalized spacial score (nSPS) is 11.0. The largest absolute Gasteiger partial charge is 0.497 e. The van der Waals surface area contributed by atoms with Crippen molar-refractivity contribution in [3.63, 3.8) is 0 Å². The molecule has 0 radical (unpaired) electrons. The van der Waals surface area contributed by atoms with E-state index in [2.05, 4.69) is 5.32 Å². The predicted octanol–water partition coefficient (Wildman–Crippen LogP) is 5.42. The zero-order chi connectivity index (χ0) is 27.0. The average Bonchev–Trinajstić information content (AvgIpc) is 2.95. The molecule has 0 saturated heterocycles. The lowest BCUT2D eigenvalue weighted by atomic mass is 10.1. The molecule has 4 rings (SSSR count). The third-order valence-corrected chi connectivity index (χ3v) is 7.67. The third-order valence-electron chi connectivity index (χ3n) is 5.90. The first kappa shape index (κ1) is 26.8. The fraction of sp³-hybridized carbons (Fsp3) is 0.167. The van der Waals surface area contributed by atoms with Crippen LogP contribution < -0.4 is 19.1 Å². The molecule has 0 aromatic heterocycles. The lowest BCUT2D eigenvalue weighted by Crippen LogP contribution is -2.33. The van der Waals surface area contributed by atoms with Crippen LogP contribution in [0.2, 0.25) is 0 Å². The number of rotatable bonds is 11. The summed E-state index contributed by atoms with van der Waals surface area (Å²) in [7, 11) is -2.51. The second-order valence-electron chi connectivity index (χ2n) is 8.45. The number of carbonyl (C=O) groups is 1. The molecular weight excluding hydrogens is 500 g/mol. The maximum atomic E-state index is 13.9. The summed E-state index contributed by atoms with van der Waals surface area (Å²) in [6.07, 6.45) is 0. The zero-order valence-corrected chi connectivity index (χ0v) is 22.1. The fourth-order valence-electron chi connectivity index (χ4n) is 4.00. The lowest BCUT2D eigenvalue weighted by molar-refractivity contribution is 0.0951. The van der Waals surface area contributed by atoms with Crippen LogP contribution in [0, 0.1) is 0 Å². The highest BCUT2D eigenvalue weighted by molar-refractivity contribution is 7.92. The number of hydrogen-bond donors (Lipinski definition) is 1. The van der Waals surface area contributed by atoms with Gasteiger partial charge in [0.25, 0.3) is 15.9 Å². The summed E-state index contributed by atoms with van der Waals surface area (Å²) in [5.41, 5.74) is 2.19. The molecule has 1 amide bonds. The smallest absolute Gasteiger partial charge is 0.264 e. The lowest BCUT2D eigenvalue weighted by Gasteiger charge is -2.26. The Morgan fingerprint density at radius 2 is 1.50 bits per heavy atom. The first-order valence-electron chi connectivity index (χ1n) is 12.2. The molecule has 0 aliphatic heterocycles. The number of sulfonamides is 1. The van der Waals surface area contributed by atoms with Crippen molar-refractivity contribution in [2.75, 3.05) is 18.0 Å². The Hall–Kier alpha value is -4.30. The summed E-state index contributed by atoms with van der Waals surface area (Å²) < 4.78 is 39.9. The maximum absolute atomic E-state index is 13.9. The van der Waals surface area contributed by atoms with Crippen LogP contribution in [0.4, 0.5) is 5.69 Å². The molecule has 0 aliphatic carbocycles. The molecule has 4 aromatic rings. The number of benzene rings is 4. The van der Waals surface area contributed by atoms with E-state index in [4.69, 9.17) is 9.47 Å². The number of methoxy groups -OCH3 is 1. The Bertz CT molecular complexity index is 1470. The van der Waals surface area contributed by atoms with E-state index in [1.807, 2.05) is 61.5 Å². The van der Waals surface area contributed by atoms with Crippen molar-refractivity contribution in [2.45, 2.75) is 24.9 Å². The van der Waals surface area contributed by atoms with Gasteiger partial charge in [-0.05, 0) is 66.6 Å². The molecule has 0 heterocycles. The van der Waals surface area contributed by atoms with Crippen molar-refractivity contribution in [2.24, 2.45) is 0 Å². The molecule has 0 aliphatic rings. The Balaban J connectivity index is 1.68. The second-order valence-corrected chi connectivity index (χ2v) is 10.3. The number of ether oxygens (including phenoxy) is 2. The van der Waals surface area contributed by atoms with E-state index in [1.54, 1.807) is 36.4 Å². The van der Waals surface area contributed by atoms with Gasteiger partial charge in [-0.3, -0.25) is 9.10 Å². The van der Waals surface area contributed by atoms with Gasteiger partial charge in [0.15, 0.2) is 0 Å². The molecule has 0 saturated carbocycles. The van der Waals surface area contributed by atoms with Crippen molar-refractivity contribution < 1.29 is 22.7 Å². The van der Waals surface area contributed by atoms with Crippen molar-refractivity contribution in [3.8, 4) is 11.5 Å². The topological polar surface area (TPSA) is 84.9 Å². The quantitative estimate of drug-likeness (QED) is 0.280. The highest BCUT2D eigenvalue weighted by Gasteiger charge is 2.28. The summed E-state index contributed by atoms with van der Waals surface area (Å²) >= 11 is 0. The number of carbonyl (C=O) groups excluding carboxylic acids is 1. The minimum atomic E-state index is -4.03. The maximum Gasteiger partial charge on any atom is 0.264 e. The minimum Gasteiger partial charge on any atom is -0.497 e. The summed E-state index contributed by atoms with van der Waals surface area (Å²) in [6, 6.07) is 29.7. The number of para-hydroxylation sites is 1. The number of hydrogen-bond acceptors (Lipinski definition) is 5. The van der Waals surface area contributed by atoms with Gasteiger partial charge in [0, 0.05) is 6.54 Å². The molecule has 0 unspecified atom stereocenters. The van der Waals surface area contributed by atoms with E-state index >= 15 is 0 Å². The monoisotopic (exact) mass is 530 g/mol. The highest BCUT2D eigenvalue weighted by Crippen LogP contribution is 2.30. The van der Waals surface area contributed by atoms with Gasteiger partial charge in [-0.1, -0.05) is 54.6 Å². The van der Waals surface area contributed by atoms with E-state index in [0.717, 1.165) is 16.9 Å². The zero-order valence-electron chi connectivity index (χ0n) is 21.3. The van der Waals surface area contributed by atoms with E-state index < -0.39 is 10.0 Å². The Morgan fingerprint density at radius 1 is 0.816 bits per heavy atom. The van der Waals surface area contributed by atoms with Crippen molar-refractivity contribution in [3.05, 3.63) is 120 Å². The average molecular weight is 531 g/mol. The molecule has 4 aromatic carbocycles. The summed E-state index contributed by atoms with van der Waals surface area (Å²) in [5.74, 6) is 0.886. The van der Waals surface area contributed by atoms with Gasteiger partial charge in [0.2, 0.25) is 0 Å². The molecule has 8 heteroatoms. The van der Waals surface area contributed by atoms with Gasteiger partial charge in [0.05, 0.1) is 36.4 Å². The molecular formula is C30H30N2O5S. The van der Waals surface area contributed by atoms with Gasteiger partial charge >= 0.3 is 0 Å². The number of nitrogens with zero attached hydrogens (tertiary/aromatic N) is 1. The van der Waals surface area contributed by atoms with Crippen molar-refractivity contribution in [1.29, 1.82) is 0 Å². The highest BCUT2D eigenvalue weighted by atomic mass is 32.2. The van der Waals surface area contributed by atoms with E-state index in [9.17, 15) is 13.2 Å². The summed E-state index contributed by atoms with van der Waals surface area (Å²) in [5, 5.41) is 2.92. The van der Waals surface area contributed by atoms with Gasteiger partial charge < -0.3 is 14.8 Å². The molecule has 7 nitrogen and oxygen atoms in total. The van der Waals surface area contributed by atoms with Crippen molar-refractivity contribution in [1.82, 2.24) is 5.32 Å². The van der Waals surface area contributed by atoms with Crippen LogP contribution in [0.15, 0.2) is 108 Å². The van der Waals surface area contributed by atoms with Gasteiger partial charge in [-0.15, -0.1) is 0 Å². The van der Waals surface area contributed by atoms with Crippen LogP contribution in [0.1, 0.15) is 28.4 Å². The van der Waals surface area contributed by atoms with Crippen molar-refractivity contribution >= 4 is 21.6 Å². The predicted molar refractivity (Wildman–Crippen MR) is 148 cm³/mol. The fourth-order valence-corrected chi connectivity index (χ4v) is 5.47. The number of amides is 1. The molecule has 38 heavy (non-hydrogen) atoms. The summed E-state index contributed by atoms with van der Waals surface area (Å²) in [4.78, 5) is 13.5. The molecule has 0 fully saturated rings. The Labute approximate surface area is 223 Å². The molecule has 196 valence electrons. The van der Waals surface area contributed by atoms with Gasteiger partial charge in [-0.2, -0.15) is 0 Å². The Morgan fingerprint density at radius 3 is 2.21 bits per heavy atom. The van der Waals surface area contributed by atoms with Crippen LogP contribution >= 0.6 is 0 Å². The standard InChI is InChI=1S/C30H30N2O5S/c1-3-37-26-13-9-12-24(20-26)21-31-30(33)28-14-7-8-15-29(28)32(22-23-10-5-4-6-11-23)38(34,35)27-18-16-25(36-2)17-19-27/h4-20H,3,21-22H2,1-2H3,(H,31,33). The van der Waals surface area contributed by atoms with Crippen LogP contribution in [-0.2, 0) is 23.1 Å². The minimum absolute atomic E-state index is 0.0515. The Kier molecular flexibility index (Phi) is 8.66. The van der Waals surface area contributed by atoms with Crippen LogP contribution in [0.5, 0.6) is 11.5 Å². The molecule has 0 spiro atoms. The SMILES string of the molecule is CCOc1cccc(CNC(=O)c2ccccc2N(Cc2ccccc2)S(=O)(=O)c2ccc(OC)cc2)c1. The van der Waals surface area contributed by atoms with E-state index in [1.165, 1.54) is 23.5 Å². The summed E-state index contributed by atoms with van der Waals surface area (Å²) in [6.45, 7) is 2.77. The van der Waals surface area contributed by atoms with Crippen LogP contribution in [-0.4, -0.2) is 28.0 Å². The first-order valence-corrected chi connectivity index (χ1v) is 13.7. The van der Waals surface area contributed by atoms with E-state index in [-0.39, 0.29) is 35.1 Å². The molecule has 0 atom stereocenters. The third kappa shape index (κ3) is 6.33. The molecule has 0 bridgehead atoms. The van der Waals surface area contributed by atoms with Crippen LogP contribution in [0.25, 0.3) is 0 Å². The second kappa shape index (κ2) is 12.3. The number of nitrogens with one attached hydrogen (secondary N) is 1. The van der Waals surface area contributed by atoms with E-state index in [0.29, 0.717) is 12.4 Å². The number of anilines is 1.